The minimum Gasteiger partial charge on any atom is -0.467 e. The average Bonchev–Trinajstić information content (AvgIpc) is 2.61. The molecule has 0 radical (unpaired) electrons. The van der Waals surface area contributed by atoms with Crippen LogP contribution in [0.2, 0.25) is 0 Å². The van der Waals surface area contributed by atoms with Crippen LogP contribution in [0.3, 0.4) is 0 Å². The first-order valence-corrected chi connectivity index (χ1v) is 10.3. The Morgan fingerprint density at radius 1 is 0.962 bits per heavy atom. The topological polar surface area (TPSA) is 38.3 Å². The number of amides is 1. The fourth-order valence-electron chi connectivity index (χ4n) is 2.46. The molecular weight excluding hydrogens is 526 g/mol. The number of fused-ring (bicyclic) bond motifs is 1. The molecule has 134 valence electrons. The Balaban J connectivity index is 1.81. The summed E-state index contributed by atoms with van der Waals surface area (Å²) in [6, 6.07) is 21.2. The van der Waals surface area contributed by atoms with E-state index >= 15 is 0 Å². The Labute approximate surface area is 177 Å². The zero-order valence-corrected chi connectivity index (χ0v) is 18.6. The summed E-state index contributed by atoms with van der Waals surface area (Å²) in [5, 5.41) is 5.08. The fourth-order valence-corrected chi connectivity index (χ4v) is 3.09. The molecule has 0 aliphatic rings. The predicted octanol–water partition coefficient (Wildman–Crippen LogP) is 6.12. The lowest BCUT2D eigenvalue weighted by atomic mass is 10.1. The van der Waals surface area contributed by atoms with Gasteiger partial charge in [-0.3, -0.25) is 4.79 Å². The highest BCUT2D eigenvalue weighted by Gasteiger charge is 2.34. The molecule has 0 bridgehead atoms. The third-order valence-electron chi connectivity index (χ3n) is 3.85. The molecule has 6 heteroatoms. The van der Waals surface area contributed by atoms with Crippen molar-refractivity contribution < 1.29 is 9.53 Å². The molecule has 1 N–H and O–H groups in total. The Morgan fingerprint density at radius 2 is 1.62 bits per heavy atom. The fraction of sp³-hybridized carbons (Fsp3) is 0.150. The summed E-state index contributed by atoms with van der Waals surface area (Å²) in [4.78, 5) is 12.6. The van der Waals surface area contributed by atoms with Crippen LogP contribution in [0.4, 0.5) is 0 Å². The molecule has 3 aromatic rings. The first kappa shape index (κ1) is 19.4. The van der Waals surface area contributed by atoms with Crippen molar-refractivity contribution >= 4 is 64.5 Å². The monoisotopic (exact) mass is 539 g/mol. The molecule has 3 aromatic carbocycles. The molecule has 0 saturated heterocycles. The molecule has 3 nitrogen and oxygen atoms in total. The van der Waals surface area contributed by atoms with Crippen molar-refractivity contribution in [2.75, 3.05) is 0 Å². The highest BCUT2D eigenvalue weighted by molar-refractivity contribution is 9.39. The number of halogens is 3. The zero-order valence-electron chi connectivity index (χ0n) is 13.9. The van der Waals surface area contributed by atoms with E-state index in [9.17, 15) is 4.79 Å². The van der Waals surface area contributed by atoms with Crippen molar-refractivity contribution in [1.82, 2.24) is 5.32 Å². The quantitative estimate of drug-likeness (QED) is 0.319. The van der Waals surface area contributed by atoms with Crippen LogP contribution >= 0.6 is 47.8 Å². The summed E-state index contributed by atoms with van der Waals surface area (Å²) in [6.45, 7) is 1.98. The van der Waals surface area contributed by atoms with Crippen LogP contribution in [0, 0.1) is 6.92 Å². The maximum atomic E-state index is 12.6. The number of nitrogens with one attached hydrogen (secondary N) is 1. The van der Waals surface area contributed by atoms with Crippen molar-refractivity contribution in [3.05, 3.63) is 77.9 Å². The average molecular weight is 542 g/mol. The van der Waals surface area contributed by atoms with E-state index in [4.69, 9.17) is 4.74 Å². The first-order chi connectivity index (χ1) is 12.3. The van der Waals surface area contributed by atoms with E-state index in [0.29, 0.717) is 11.3 Å². The van der Waals surface area contributed by atoms with Gasteiger partial charge in [-0.05, 0) is 42.0 Å². The van der Waals surface area contributed by atoms with E-state index in [1.54, 1.807) is 12.1 Å². The lowest BCUT2D eigenvalue weighted by Gasteiger charge is -2.27. The molecular formula is C20H16Br3NO2. The molecule has 1 amide bonds. The molecule has 26 heavy (non-hydrogen) atoms. The van der Waals surface area contributed by atoms with Gasteiger partial charge in [-0.2, -0.15) is 0 Å². The summed E-state index contributed by atoms with van der Waals surface area (Å²) < 4.78 is 5.21. The van der Waals surface area contributed by atoms with Crippen molar-refractivity contribution in [3.63, 3.8) is 0 Å². The van der Waals surface area contributed by atoms with E-state index in [0.717, 1.165) is 16.3 Å². The number of hydrogen-bond acceptors (Lipinski definition) is 2. The van der Waals surface area contributed by atoms with E-state index in [-0.39, 0.29) is 5.91 Å². The van der Waals surface area contributed by atoms with E-state index in [1.165, 1.54) is 0 Å². The number of aryl methyl sites for hydroxylation is 1. The molecule has 1 atom stereocenters. The standard InChI is InChI=1S/C20H16Br3NO2/c1-13-6-8-15(9-7-13)18(25)24-19(20(21,22)23)26-17-11-10-14-4-2-3-5-16(14)12-17/h2-12,19H,1H3,(H,24,25)/t19-/m0/s1. The van der Waals surface area contributed by atoms with Crippen LogP contribution in [0.15, 0.2) is 66.7 Å². The maximum absolute atomic E-state index is 12.6. The molecule has 0 aliphatic heterocycles. The van der Waals surface area contributed by atoms with Crippen molar-refractivity contribution in [3.8, 4) is 5.75 Å². The van der Waals surface area contributed by atoms with E-state index in [1.807, 2.05) is 61.5 Å². The SMILES string of the molecule is Cc1ccc(C(=O)N[C@@H](Oc2ccc3ccccc3c2)C(Br)(Br)Br)cc1. The van der Waals surface area contributed by atoms with Crippen molar-refractivity contribution in [1.29, 1.82) is 0 Å². The van der Waals surface area contributed by atoms with Crippen molar-refractivity contribution in [2.45, 2.75) is 15.3 Å². The number of rotatable bonds is 4. The first-order valence-electron chi connectivity index (χ1n) is 7.92. The number of ether oxygens (including phenoxy) is 1. The minimum atomic E-state index is -0.820. The smallest absolute Gasteiger partial charge is 0.254 e. The summed E-state index contributed by atoms with van der Waals surface area (Å²) in [5.74, 6) is 0.430. The summed E-state index contributed by atoms with van der Waals surface area (Å²) in [7, 11) is 0. The second-order valence-electron chi connectivity index (χ2n) is 5.89. The van der Waals surface area contributed by atoms with Gasteiger partial charge in [0.25, 0.3) is 5.91 Å². The molecule has 0 unspecified atom stereocenters. The molecule has 0 saturated carbocycles. The van der Waals surface area contributed by atoms with Gasteiger partial charge in [-0.15, -0.1) is 0 Å². The number of carbonyl (C=O) groups excluding carboxylic acids is 1. The normalized spacial score (nSPS) is 12.6. The van der Waals surface area contributed by atoms with Gasteiger partial charge in [-0.1, -0.05) is 95.8 Å². The van der Waals surface area contributed by atoms with Crippen LogP contribution in [-0.4, -0.2) is 14.3 Å². The largest absolute Gasteiger partial charge is 0.467 e. The highest BCUT2D eigenvalue weighted by Crippen LogP contribution is 2.38. The highest BCUT2D eigenvalue weighted by atomic mass is 80.0. The van der Waals surface area contributed by atoms with Gasteiger partial charge in [0.15, 0.2) is 2.14 Å². The number of carbonyl (C=O) groups is 1. The number of benzene rings is 3. The minimum absolute atomic E-state index is 0.224. The Bertz CT molecular complexity index is 920. The number of hydrogen-bond donors (Lipinski definition) is 1. The van der Waals surface area contributed by atoms with Crippen LogP contribution in [0.25, 0.3) is 10.8 Å². The molecule has 0 fully saturated rings. The molecule has 3 rings (SSSR count). The summed E-state index contributed by atoms with van der Waals surface area (Å²) in [5.41, 5.74) is 1.67. The third-order valence-corrected chi connectivity index (χ3v) is 5.10. The maximum Gasteiger partial charge on any atom is 0.254 e. The zero-order chi connectivity index (χ0) is 18.7. The van der Waals surface area contributed by atoms with Crippen LogP contribution in [0.5, 0.6) is 5.75 Å². The van der Waals surface area contributed by atoms with Gasteiger partial charge in [0, 0.05) is 5.56 Å². The second kappa shape index (κ2) is 8.11. The van der Waals surface area contributed by atoms with Gasteiger partial charge >= 0.3 is 0 Å². The van der Waals surface area contributed by atoms with Gasteiger partial charge < -0.3 is 10.1 Å². The van der Waals surface area contributed by atoms with Crippen molar-refractivity contribution in [2.24, 2.45) is 0 Å². The summed E-state index contributed by atoms with van der Waals surface area (Å²) in [6.07, 6.45) is -0.697. The predicted molar refractivity (Wildman–Crippen MR) is 117 cm³/mol. The Morgan fingerprint density at radius 3 is 2.27 bits per heavy atom. The van der Waals surface area contributed by atoms with Crippen LogP contribution in [-0.2, 0) is 0 Å². The lowest BCUT2D eigenvalue weighted by Crippen LogP contribution is -2.47. The van der Waals surface area contributed by atoms with Gasteiger partial charge in [-0.25, -0.2) is 0 Å². The van der Waals surface area contributed by atoms with Crippen LogP contribution in [0.1, 0.15) is 15.9 Å². The number of alkyl halides is 3. The Hall–Kier alpha value is -1.37. The summed E-state index contributed by atoms with van der Waals surface area (Å²) >= 11 is 10.4. The Kier molecular flexibility index (Phi) is 6.05. The molecule has 0 aromatic heterocycles. The lowest BCUT2D eigenvalue weighted by molar-refractivity contribution is 0.0845. The molecule has 0 heterocycles. The van der Waals surface area contributed by atoms with E-state index in [2.05, 4.69) is 53.1 Å². The second-order valence-corrected chi connectivity index (χ2v) is 12.8. The molecule has 0 aliphatic carbocycles. The molecule has 0 spiro atoms. The van der Waals surface area contributed by atoms with Gasteiger partial charge in [0.1, 0.15) is 5.75 Å². The third kappa shape index (κ3) is 4.87. The van der Waals surface area contributed by atoms with Crippen LogP contribution < -0.4 is 10.1 Å². The van der Waals surface area contributed by atoms with Gasteiger partial charge in [0.2, 0.25) is 6.23 Å². The van der Waals surface area contributed by atoms with E-state index < -0.39 is 8.37 Å². The van der Waals surface area contributed by atoms with Gasteiger partial charge in [0.05, 0.1) is 0 Å².